The SMILES string of the molecule is CC(=O)c1ccc(Sc2ccc(Br)cc2)c(F)c1. The van der Waals surface area contributed by atoms with E-state index in [1.54, 1.807) is 12.1 Å². The van der Waals surface area contributed by atoms with Gasteiger partial charge >= 0.3 is 0 Å². The number of hydrogen-bond donors (Lipinski definition) is 0. The second-order valence-corrected chi connectivity index (χ2v) is 5.79. The fourth-order valence-electron chi connectivity index (χ4n) is 1.43. The van der Waals surface area contributed by atoms with Gasteiger partial charge < -0.3 is 0 Å². The van der Waals surface area contributed by atoms with E-state index in [4.69, 9.17) is 0 Å². The van der Waals surface area contributed by atoms with Crippen LogP contribution in [0.2, 0.25) is 0 Å². The molecule has 2 aromatic rings. The lowest BCUT2D eigenvalue weighted by Crippen LogP contribution is -1.93. The van der Waals surface area contributed by atoms with Crippen molar-refractivity contribution in [1.29, 1.82) is 0 Å². The van der Waals surface area contributed by atoms with E-state index >= 15 is 0 Å². The zero-order valence-corrected chi connectivity index (χ0v) is 12.0. The molecule has 0 bridgehead atoms. The van der Waals surface area contributed by atoms with Gasteiger partial charge in [0.2, 0.25) is 0 Å². The standard InChI is InChI=1S/C14H10BrFOS/c1-9(17)10-2-7-14(13(16)8-10)18-12-5-3-11(15)4-6-12/h2-8H,1H3. The van der Waals surface area contributed by atoms with Crippen LogP contribution in [-0.4, -0.2) is 5.78 Å². The monoisotopic (exact) mass is 324 g/mol. The van der Waals surface area contributed by atoms with Crippen LogP contribution in [0.5, 0.6) is 0 Å². The van der Waals surface area contributed by atoms with E-state index in [0.29, 0.717) is 10.5 Å². The van der Waals surface area contributed by atoms with Gasteiger partial charge in [-0.3, -0.25) is 4.79 Å². The van der Waals surface area contributed by atoms with Gasteiger partial charge in [-0.15, -0.1) is 0 Å². The molecule has 1 nitrogen and oxygen atoms in total. The van der Waals surface area contributed by atoms with Gasteiger partial charge in [0.15, 0.2) is 5.78 Å². The lowest BCUT2D eigenvalue weighted by atomic mass is 10.1. The van der Waals surface area contributed by atoms with Crippen molar-refractivity contribution in [2.45, 2.75) is 16.7 Å². The topological polar surface area (TPSA) is 17.1 Å². The molecule has 2 aromatic carbocycles. The van der Waals surface area contributed by atoms with E-state index < -0.39 is 0 Å². The van der Waals surface area contributed by atoms with E-state index in [1.807, 2.05) is 24.3 Å². The number of hydrogen-bond acceptors (Lipinski definition) is 2. The smallest absolute Gasteiger partial charge is 0.159 e. The zero-order valence-electron chi connectivity index (χ0n) is 9.61. The van der Waals surface area contributed by atoms with Crippen molar-refractivity contribution >= 4 is 33.5 Å². The molecular weight excluding hydrogens is 315 g/mol. The van der Waals surface area contributed by atoms with Crippen LogP contribution in [0.3, 0.4) is 0 Å². The second-order valence-electron chi connectivity index (χ2n) is 3.76. The number of halogens is 2. The number of Topliss-reactive ketones (excluding diaryl/α,β-unsaturated/α-hetero) is 1. The second kappa shape index (κ2) is 5.67. The van der Waals surface area contributed by atoms with E-state index in [2.05, 4.69) is 15.9 Å². The zero-order chi connectivity index (χ0) is 13.1. The van der Waals surface area contributed by atoms with Gasteiger partial charge in [-0.05, 0) is 43.3 Å². The minimum Gasteiger partial charge on any atom is -0.295 e. The molecule has 18 heavy (non-hydrogen) atoms. The Morgan fingerprint density at radius 3 is 2.39 bits per heavy atom. The molecule has 0 radical (unpaired) electrons. The van der Waals surface area contributed by atoms with Crippen molar-refractivity contribution in [2.24, 2.45) is 0 Å². The summed E-state index contributed by atoms with van der Waals surface area (Å²) in [7, 11) is 0. The summed E-state index contributed by atoms with van der Waals surface area (Å²) in [6, 6.07) is 12.2. The molecule has 0 aliphatic rings. The Morgan fingerprint density at radius 2 is 1.83 bits per heavy atom. The highest BCUT2D eigenvalue weighted by Gasteiger charge is 2.07. The first-order chi connectivity index (χ1) is 8.56. The Balaban J connectivity index is 2.24. The molecule has 0 amide bonds. The largest absolute Gasteiger partial charge is 0.295 e. The molecule has 4 heteroatoms. The van der Waals surface area contributed by atoms with Crippen LogP contribution in [0, 0.1) is 5.82 Å². The predicted molar refractivity (Wildman–Crippen MR) is 74.7 cm³/mol. The fourth-order valence-corrected chi connectivity index (χ4v) is 2.52. The molecule has 0 unspecified atom stereocenters. The van der Waals surface area contributed by atoms with Crippen molar-refractivity contribution in [1.82, 2.24) is 0 Å². The van der Waals surface area contributed by atoms with E-state index in [-0.39, 0.29) is 11.6 Å². The summed E-state index contributed by atoms with van der Waals surface area (Å²) in [4.78, 5) is 12.6. The maximum atomic E-state index is 13.8. The number of benzene rings is 2. The lowest BCUT2D eigenvalue weighted by molar-refractivity contribution is 0.101. The normalized spacial score (nSPS) is 10.4. The Bertz CT molecular complexity index is 581. The summed E-state index contributed by atoms with van der Waals surface area (Å²) in [5, 5.41) is 0. The molecule has 0 heterocycles. The van der Waals surface area contributed by atoms with Gasteiger partial charge in [-0.25, -0.2) is 4.39 Å². The minimum atomic E-state index is -0.365. The first kappa shape index (κ1) is 13.3. The van der Waals surface area contributed by atoms with Crippen LogP contribution in [-0.2, 0) is 0 Å². The van der Waals surface area contributed by atoms with Crippen LogP contribution in [0.25, 0.3) is 0 Å². The fraction of sp³-hybridized carbons (Fsp3) is 0.0714. The lowest BCUT2D eigenvalue weighted by Gasteiger charge is -2.04. The number of rotatable bonds is 3. The van der Waals surface area contributed by atoms with E-state index in [9.17, 15) is 9.18 Å². The Labute approximate surface area is 118 Å². The summed E-state index contributed by atoms with van der Waals surface area (Å²) in [5.41, 5.74) is 0.396. The van der Waals surface area contributed by atoms with Gasteiger partial charge in [0, 0.05) is 19.8 Å². The van der Waals surface area contributed by atoms with Crippen LogP contribution in [0.4, 0.5) is 4.39 Å². The number of carbonyl (C=O) groups is 1. The summed E-state index contributed by atoms with van der Waals surface area (Å²) in [6.45, 7) is 1.43. The van der Waals surface area contributed by atoms with Gasteiger partial charge in [-0.1, -0.05) is 33.8 Å². The van der Waals surface area contributed by atoms with E-state index in [0.717, 1.165) is 9.37 Å². The highest BCUT2D eigenvalue weighted by Crippen LogP contribution is 2.31. The van der Waals surface area contributed by atoms with Crippen LogP contribution in [0.1, 0.15) is 17.3 Å². The molecule has 0 saturated carbocycles. The molecule has 92 valence electrons. The van der Waals surface area contributed by atoms with Gasteiger partial charge in [-0.2, -0.15) is 0 Å². The third kappa shape index (κ3) is 3.21. The molecule has 0 N–H and O–H groups in total. The Kier molecular flexibility index (Phi) is 4.19. The first-order valence-electron chi connectivity index (χ1n) is 5.30. The third-order valence-electron chi connectivity index (χ3n) is 2.38. The quantitative estimate of drug-likeness (QED) is 0.744. The molecule has 0 aliphatic carbocycles. The van der Waals surface area contributed by atoms with Crippen molar-refractivity contribution in [3.63, 3.8) is 0 Å². The molecule has 0 saturated heterocycles. The molecule has 2 rings (SSSR count). The highest BCUT2D eigenvalue weighted by atomic mass is 79.9. The minimum absolute atomic E-state index is 0.130. The van der Waals surface area contributed by atoms with Crippen molar-refractivity contribution in [3.05, 3.63) is 58.3 Å². The highest BCUT2D eigenvalue weighted by molar-refractivity contribution is 9.10. The number of ketones is 1. The van der Waals surface area contributed by atoms with Gasteiger partial charge in [0.25, 0.3) is 0 Å². The molecule has 0 fully saturated rings. The van der Waals surface area contributed by atoms with Crippen molar-refractivity contribution < 1.29 is 9.18 Å². The average molecular weight is 325 g/mol. The maximum absolute atomic E-state index is 13.8. The molecular formula is C14H10BrFOS. The molecule has 0 aromatic heterocycles. The summed E-state index contributed by atoms with van der Waals surface area (Å²) < 4.78 is 14.8. The van der Waals surface area contributed by atoms with Crippen LogP contribution < -0.4 is 0 Å². The van der Waals surface area contributed by atoms with Crippen LogP contribution >= 0.6 is 27.7 Å². The third-order valence-corrected chi connectivity index (χ3v) is 3.97. The van der Waals surface area contributed by atoms with Crippen molar-refractivity contribution in [2.75, 3.05) is 0 Å². The summed E-state index contributed by atoms with van der Waals surface area (Å²) in [5.74, 6) is -0.496. The molecule has 0 spiro atoms. The predicted octanol–water partition coefficient (Wildman–Crippen LogP) is 4.94. The van der Waals surface area contributed by atoms with Gasteiger partial charge in [0.1, 0.15) is 5.82 Å². The Hall–Kier alpha value is -1.13. The Morgan fingerprint density at radius 1 is 1.17 bits per heavy atom. The maximum Gasteiger partial charge on any atom is 0.159 e. The summed E-state index contributed by atoms with van der Waals surface area (Å²) >= 11 is 4.69. The first-order valence-corrected chi connectivity index (χ1v) is 6.91. The van der Waals surface area contributed by atoms with E-state index in [1.165, 1.54) is 24.8 Å². The molecule has 0 atom stereocenters. The summed E-state index contributed by atoms with van der Waals surface area (Å²) in [6.07, 6.45) is 0. The molecule has 0 aliphatic heterocycles. The van der Waals surface area contributed by atoms with Crippen LogP contribution in [0.15, 0.2) is 56.7 Å². The van der Waals surface area contributed by atoms with Gasteiger partial charge in [0.05, 0.1) is 0 Å². The average Bonchev–Trinajstić information content (AvgIpc) is 2.34. The number of carbonyl (C=O) groups excluding carboxylic acids is 1. The van der Waals surface area contributed by atoms with Crippen molar-refractivity contribution in [3.8, 4) is 0 Å².